The molecule has 2 fully saturated rings. The lowest BCUT2D eigenvalue weighted by molar-refractivity contribution is 0.0124. The summed E-state index contributed by atoms with van der Waals surface area (Å²) in [5.74, 6) is 0. The molecule has 156 valence electrons. The number of ether oxygens (including phenoxy) is 2. The van der Waals surface area contributed by atoms with Gasteiger partial charge in [-0.05, 0) is 64.2 Å². The van der Waals surface area contributed by atoms with Gasteiger partial charge in [0.05, 0.1) is 6.10 Å². The topological polar surface area (TPSA) is 42.0 Å². The van der Waals surface area contributed by atoms with Crippen LogP contribution < -0.4 is 0 Å². The Balaban J connectivity index is 1.59. The Morgan fingerprint density at radius 3 is 2.39 bits per heavy atom. The fourth-order valence-corrected chi connectivity index (χ4v) is 4.44. The Kier molecular flexibility index (Phi) is 6.89. The van der Waals surface area contributed by atoms with Crippen LogP contribution in [0.4, 0.5) is 4.79 Å². The van der Waals surface area contributed by atoms with Crippen LogP contribution in [0, 0.1) is 0 Å². The highest BCUT2D eigenvalue weighted by Gasteiger charge is 2.38. The van der Waals surface area contributed by atoms with Crippen molar-refractivity contribution in [1.82, 2.24) is 9.80 Å². The Morgan fingerprint density at radius 1 is 1.18 bits per heavy atom. The smallest absolute Gasteiger partial charge is 0.410 e. The first-order chi connectivity index (χ1) is 13.2. The van der Waals surface area contributed by atoms with E-state index in [1.165, 1.54) is 5.56 Å². The van der Waals surface area contributed by atoms with Gasteiger partial charge in [0.1, 0.15) is 5.60 Å². The summed E-state index contributed by atoms with van der Waals surface area (Å²) in [5.41, 5.74) is 0.862. The predicted molar refractivity (Wildman–Crippen MR) is 112 cm³/mol. The van der Waals surface area contributed by atoms with Crippen molar-refractivity contribution in [3.8, 4) is 0 Å². The zero-order chi connectivity index (χ0) is 20.3. The number of rotatable bonds is 4. The summed E-state index contributed by atoms with van der Waals surface area (Å²) in [6.07, 6.45) is 4.09. The van der Waals surface area contributed by atoms with E-state index in [4.69, 9.17) is 21.1 Å². The van der Waals surface area contributed by atoms with Crippen molar-refractivity contribution < 1.29 is 14.3 Å². The van der Waals surface area contributed by atoms with Crippen molar-refractivity contribution in [2.45, 2.75) is 70.2 Å². The molecule has 6 heteroatoms. The van der Waals surface area contributed by atoms with Crippen molar-refractivity contribution in [1.29, 1.82) is 0 Å². The normalized spacial score (nSPS) is 24.5. The summed E-state index contributed by atoms with van der Waals surface area (Å²) in [6, 6.07) is 9.10. The van der Waals surface area contributed by atoms with Gasteiger partial charge in [0.15, 0.2) is 0 Å². The van der Waals surface area contributed by atoms with Crippen molar-refractivity contribution in [3.05, 3.63) is 34.9 Å². The van der Waals surface area contributed by atoms with Gasteiger partial charge in [-0.2, -0.15) is 0 Å². The highest BCUT2D eigenvalue weighted by atomic mass is 35.5. The van der Waals surface area contributed by atoms with Crippen LogP contribution in [0.15, 0.2) is 24.3 Å². The number of carbonyl (C=O) groups is 1. The Labute approximate surface area is 173 Å². The number of nitrogens with zero attached hydrogens (tertiary/aromatic N) is 2. The van der Waals surface area contributed by atoms with Crippen molar-refractivity contribution in [2.75, 3.05) is 26.7 Å². The lowest BCUT2D eigenvalue weighted by Gasteiger charge is -2.39. The first kappa shape index (κ1) is 21.4. The lowest BCUT2D eigenvalue weighted by Crippen LogP contribution is -2.49. The second-order valence-corrected chi connectivity index (χ2v) is 9.41. The van der Waals surface area contributed by atoms with E-state index in [0.29, 0.717) is 12.1 Å². The summed E-state index contributed by atoms with van der Waals surface area (Å²) >= 11 is 6.03. The number of hydrogen-bond donors (Lipinski definition) is 0. The first-order valence-corrected chi connectivity index (χ1v) is 10.6. The Hall–Kier alpha value is -1.30. The third kappa shape index (κ3) is 5.62. The van der Waals surface area contributed by atoms with Crippen molar-refractivity contribution in [3.63, 3.8) is 0 Å². The molecule has 0 aliphatic carbocycles. The fraction of sp³-hybridized carbons (Fsp3) is 0.682. The number of methoxy groups -OCH3 is 1. The molecule has 2 aliphatic heterocycles. The monoisotopic (exact) mass is 408 g/mol. The van der Waals surface area contributed by atoms with E-state index in [-0.39, 0.29) is 12.2 Å². The lowest BCUT2D eigenvalue weighted by atomic mass is 9.99. The molecule has 1 amide bonds. The number of benzene rings is 1. The minimum atomic E-state index is -0.446. The molecule has 2 atom stereocenters. The van der Waals surface area contributed by atoms with Gasteiger partial charge in [0.25, 0.3) is 0 Å². The maximum atomic E-state index is 12.3. The van der Waals surface area contributed by atoms with E-state index in [0.717, 1.165) is 50.3 Å². The van der Waals surface area contributed by atoms with Gasteiger partial charge in [0, 0.05) is 43.9 Å². The molecule has 0 unspecified atom stereocenters. The standard InChI is InChI=1S/C22H33ClN2O3/c1-22(2,3)28-21(26)24-11-9-18(10-12-24)25-15-20(27-4)14-19(25)13-16-5-7-17(23)8-6-16/h5-8,18-20H,9-15H2,1-4H3/t19-,20-/m0/s1. The molecule has 1 aromatic rings. The van der Waals surface area contributed by atoms with Gasteiger partial charge in [-0.3, -0.25) is 4.90 Å². The molecule has 0 aromatic heterocycles. The third-order valence-electron chi connectivity index (χ3n) is 5.72. The highest BCUT2D eigenvalue weighted by Crippen LogP contribution is 2.30. The molecule has 5 nitrogen and oxygen atoms in total. The zero-order valence-electron chi connectivity index (χ0n) is 17.5. The third-order valence-corrected chi connectivity index (χ3v) is 5.97. The van der Waals surface area contributed by atoms with E-state index >= 15 is 0 Å². The number of amides is 1. The number of piperidine rings is 1. The minimum Gasteiger partial charge on any atom is -0.444 e. The first-order valence-electron chi connectivity index (χ1n) is 10.3. The summed E-state index contributed by atoms with van der Waals surface area (Å²) < 4.78 is 11.2. The number of likely N-dealkylation sites (tertiary alicyclic amines) is 2. The Bertz CT molecular complexity index is 651. The largest absolute Gasteiger partial charge is 0.444 e. The second-order valence-electron chi connectivity index (χ2n) is 8.97. The second kappa shape index (κ2) is 9.02. The zero-order valence-corrected chi connectivity index (χ0v) is 18.2. The molecule has 0 bridgehead atoms. The van der Waals surface area contributed by atoms with Crippen LogP contribution >= 0.6 is 11.6 Å². The average molecular weight is 409 g/mol. The molecule has 2 aliphatic rings. The molecule has 0 radical (unpaired) electrons. The maximum Gasteiger partial charge on any atom is 0.410 e. The van der Waals surface area contributed by atoms with Crippen LogP contribution in [0.1, 0.15) is 45.6 Å². The molecule has 2 saturated heterocycles. The highest BCUT2D eigenvalue weighted by molar-refractivity contribution is 6.30. The van der Waals surface area contributed by atoms with Gasteiger partial charge in [0.2, 0.25) is 0 Å². The van der Waals surface area contributed by atoms with Crippen LogP contribution in [0.25, 0.3) is 0 Å². The van der Waals surface area contributed by atoms with Crippen molar-refractivity contribution in [2.24, 2.45) is 0 Å². The molecule has 0 N–H and O–H groups in total. The molecule has 2 heterocycles. The van der Waals surface area contributed by atoms with Crippen LogP contribution in [-0.2, 0) is 15.9 Å². The Morgan fingerprint density at radius 2 is 1.82 bits per heavy atom. The molecule has 0 spiro atoms. The maximum absolute atomic E-state index is 12.3. The number of halogens is 1. The molecule has 28 heavy (non-hydrogen) atoms. The van der Waals surface area contributed by atoms with Crippen LogP contribution in [0.2, 0.25) is 5.02 Å². The number of hydrogen-bond acceptors (Lipinski definition) is 4. The quantitative estimate of drug-likeness (QED) is 0.741. The summed E-state index contributed by atoms with van der Waals surface area (Å²) in [6.45, 7) is 8.20. The fourth-order valence-electron chi connectivity index (χ4n) is 4.32. The van der Waals surface area contributed by atoms with Gasteiger partial charge in [-0.1, -0.05) is 23.7 Å². The van der Waals surface area contributed by atoms with Gasteiger partial charge in [-0.25, -0.2) is 4.79 Å². The van der Waals surface area contributed by atoms with Crippen LogP contribution in [-0.4, -0.2) is 66.4 Å². The SMILES string of the molecule is CO[C@H]1C[C@H](Cc2ccc(Cl)cc2)N(C2CCN(C(=O)OC(C)(C)C)CC2)C1. The van der Waals surface area contributed by atoms with E-state index < -0.39 is 5.60 Å². The van der Waals surface area contributed by atoms with Gasteiger partial charge >= 0.3 is 6.09 Å². The van der Waals surface area contributed by atoms with E-state index in [1.807, 2.05) is 37.8 Å². The van der Waals surface area contributed by atoms with Gasteiger partial charge in [-0.15, -0.1) is 0 Å². The molecule has 0 saturated carbocycles. The summed E-state index contributed by atoms with van der Waals surface area (Å²) in [5, 5.41) is 0.774. The van der Waals surface area contributed by atoms with Crippen LogP contribution in [0.3, 0.4) is 0 Å². The average Bonchev–Trinajstić information content (AvgIpc) is 3.05. The minimum absolute atomic E-state index is 0.195. The van der Waals surface area contributed by atoms with Crippen LogP contribution in [0.5, 0.6) is 0 Å². The summed E-state index contributed by atoms with van der Waals surface area (Å²) in [7, 11) is 1.80. The van der Waals surface area contributed by atoms with Crippen molar-refractivity contribution >= 4 is 17.7 Å². The number of carbonyl (C=O) groups excluding carboxylic acids is 1. The predicted octanol–water partition coefficient (Wildman–Crippen LogP) is 4.37. The van der Waals surface area contributed by atoms with E-state index in [9.17, 15) is 4.79 Å². The van der Waals surface area contributed by atoms with Gasteiger partial charge < -0.3 is 14.4 Å². The molecule has 3 rings (SSSR count). The molecular formula is C22H33ClN2O3. The summed E-state index contributed by atoms with van der Waals surface area (Å²) in [4.78, 5) is 16.8. The molecule has 1 aromatic carbocycles. The van der Waals surface area contributed by atoms with E-state index in [1.54, 1.807) is 7.11 Å². The van der Waals surface area contributed by atoms with E-state index in [2.05, 4.69) is 17.0 Å². The molecular weight excluding hydrogens is 376 g/mol.